The molecule has 2 rings (SSSR count). The normalized spacial score (nSPS) is 11.4. The van der Waals surface area contributed by atoms with Crippen LogP contribution in [-0.4, -0.2) is 30.5 Å². The number of carbonyl (C=O) groups is 1. The third kappa shape index (κ3) is 4.70. The molecule has 0 saturated carbocycles. The Morgan fingerprint density at radius 3 is 2.52 bits per heavy atom. The first-order valence-corrected chi connectivity index (χ1v) is 8.62. The number of benzene rings is 1. The predicted octanol–water partition coefficient (Wildman–Crippen LogP) is 0.810. The van der Waals surface area contributed by atoms with Gasteiger partial charge in [-0.1, -0.05) is 17.7 Å². The smallest absolute Gasteiger partial charge is 0.274 e. The Morgan fingerprint density at radius 2 is 1.88 bits per heavy atom. The summed E-state index contributed by atoms with van der Waals surface area (Å²) in [6.45, 7) is 1.52. The van der Waals surface area contributed by atoms with Gasteiger partial charge in [-0.05, 0) is 25.5 Å². The van der Waals surface area contributed by atoms with Crippen molar-refractivity contribution in [1.29, 1.82) is 0 Å². The minimum absolute atomic E-state index is 0.0108. The Hall–Kier alpha value is -2.59. The van der Waals surface area contributed by atoms with Gasteiger partial charge in [-0.2, -0.15) is 12.8 Å². The van der Waals surface area contributed by atoms with Crippen molar-refractivity contribution in [2.75, 3.05) is 6.61 Å². The Bertz CT molecular complexity index is 992. The van der Waals surface area contributed by atoms with Crippen molar-refractivity contribution in [3.8, 4) is 0 Å². The van der Waals surface area contributed by atoms with Gasteiger partial charge in [0.1, 0.15) is 0 Å². The molecular formula is C15H15FN2O6S. The summed E-state index contributed by atoms with van der Waals surface area (Å²) in [5, 5.41) is 0. The second-order valence-electron chi connectivity index (χ2n) is 5.19. The predicted molar refractivity (Wildman–Crippen MR) is 85.5 cm³/mol. The van der Waals surface area contributed by atoms with Crippen LogP contribution in [0.2, 0.25) is 0 Å². The van der Waals surface area contributed by atoms with Gasteiger partial charge in [0, 0.05) is 6.42 Å². The van der Waals surface area contributed by atoms with E-state index in [1.807, 2.05) is 6.92 Å². The highest BCUT2D eigenvalue weighted by Crippen LogP contribution is 2.13. The zero-order chi connectivity index (χ0) is 18.6. The van der Waals surface area contributed by atoms with Crippen LogP contribution in [0.1, 0.15) is 23.2 Å². The maximum Gasteiger partial charge on any atom is 0.335 e. The maximum absolute atomic E-state index is 13.1. The summed E-state index contributed by atoms with van der Waals surface area (Å²) in [5.74, 6) is -2.07. The van der Waals surface area contributed by atoms with E-state index in [0.29, 0.717) is 10.8 Å². The van der Waals surface area contributed by atoms with Crippen molar-refractivity contribution < 1.29 is 21.8 Å². The Morgan fingerprint density at radius 1 is 1.24 bits per heavy atom. The Labute approximate surface area is 142 Å². The SMILES string of the molecule is Cc1ccc(S(=O)(=O)OCCCC(=O)n2cc(F)c(=O)[nH]c2=O)cc1. The average molecular weight is 370 g/mol. The first kappa shape index (κ1) is 18.7. The van der Waals surface area contributed by atoms with E-state index in [-0.39, 0.29) is 24.3 Å². The monoisotopic (exact) mass is 370 g/mol. The molecule has 0 unspecified atom stereocenters. The lowest BCUT2D eigenvalue weighted by molar-refractivity contribution is 0.0885. The van der Waals surface area contributed by atoms with Gasteiger partial charge in [0.25, 0.3) is 15.7 Å². The van der Waals surface area contributed by atoms with Crippen LogP contribution >= 0.6 is 0 Å². The van der Waals surface area contributed by atoms with Crippen molar-refractivity contribution in [3.63, 3.8) is 0 Å². The lowest BCUT2D eigenvalue weighted by atomic mass is 10.2. The van der Waals surface area contributed by atoms with Gasteiger partial charge < -0.3 is 0 Å². The molecule has 1 N–H and O–H groups in total. The fraction of sp³-hybridized carbons (Fsp3) is 0.267. The molecule has 0 bridgehead atoms. The number of aryl methyl sites for hydroxylation is 1. The molecule has 8 nitrogen and oxygen atoms in total. The molecule has 134 valence electrons. The third-order valence-electron chi connectivity index (χ3n) is 3.25. The number of rotatable bonds is 6. The van der Waals surface area contributed by atoms with Crippen molar-refractivity contribution in [2.45, 2.75) is 24.7 Å². The second-order valence-corrected chi connectivity index (χ2v) is 6.81. The van der Waals surface area contributed by atoms with Gasteiger partial charge in [-0.3, -0.25) is 18.8 Å². The van der Waals surface area contributed by atoms with Crippen molar-refractivity contribution in [1.82, 2.24) is 9.55 Å². The quantitative estimate of drug-likeness (QED) is 0.594. The first-order chi connectivity index (χ1) is 11.7. The van der Waals surface area contributed by atoms with Crippen LogP contribution in [0, 0.1) is 12.7 Å². The summed E-state index contributed by atoms with van der Waals surface area (Å²) in [6.07, 6.45) is 0.208. The number of aromatic amines is 1. The van der Waals surface area contributed by atoms with Crippen molar-refractivity contribution >= 4 is 16.0 Å². The molecule has 2 aromatic rings. The van der Waals surface area contributed by atoms with Crippen molar-refractivity contribution in [2.24, 2.45) is 0 Å². The Balaban J connectivity index is 1.94. The van der Waals surface area contributed by atoms with Crippen LogP contribution in [0.5, 0.6) is 0 Å². The fourth-order valence-corrected chi connectivity index (χ4v) is 2.86. The number of H-pyrrole nitrogens is 1. The highest BCUT2D eigenvalue weighted by Gasteiger charge is 2.16. The molecule has 10 heteroatoms. The number of nitrogens with zero attached hydrogens (tertiary/aromatic N) is 1. The number of hydrogen-bond donors (Lipinski definition) is 1. The van der Waals surface area contributed by atoms with Crippen LogP contribution in [0.3, 0.4) is 0 Å². The molecule has 0 aliphatic rings. The summed E-state index contributed by atoms with van der Waals surface area (Å²) in [6, 6.07) is 6.05. The van der Waals surface area contributed by atoms with E-state index in [1.54, 1.807) is 17.1 Å². The molecule has 0 atom stereocenters. The van der Waals surface area contributed by atoms with Crippen LogP contribution < -0.4 is 11.2 Å². The lowest BCUT2D eigenvalue weighted by Crippen LogP contribution is -2.35. The minimum atomic E-state index is -3.95. The number of aromatic nitrogens is 2. The molecule has 0 aliphatic heterocycles. The minimum Gasteiger partial charge on any atom is -0.274 e. The van der Waals surface area contributed by atoms with Gasteiger partial charge in [0.2, 0.25) is 11.7 Å². The van der Waals surface area contributed by atoms with E-state index in [1.165, 1.54) is 12.1 Å². The fourth-order valence-electron chi connectivity index (χ4n) is 1.92. The average Bonchev–Trinajstić information content (AvgIpc) is 2.55. The number of halogens is 1. The zero-order valence-electron chi connectivity index (χ0n) is 13.2. The van der Waals surface area contributed by atoms with Gasteiger partial charge in [0.05, 0.1) is 17.7 Å². The van der Waals surface area contributed by atoms with E-state index in [4.69, 9.17) is 4.18 Å². The molecule has 0 saturated heterocycles. The first-order valence-electron chi connectivity index (χ1n) is 7.21. The summed E-state index contributed by atoms with van der Waals surface area (Å²) in [7, 11) is -3.95. The molecule has 25 heavy (non-hydrogen) atoms. The van der Waals surface area contributed by atoms with Crippen molar-refractivity contribution in [3.05, 3.63) is 62.7 Å². The van der Waals surface area contributed by atoms with Crippen LogP contribution in [0.25, 0.3) is 0 Å². The molecule has 0 amide bonds. The number of nitrogens with one attached hydrogen (secondary N) is 1. The van der Waals surface area contributed by atoms with E-state index in [0.717, 1.165) is 5.56 Å². The highest BCUT2D eigenvalue weighted by atomic mass is 32.2. The van der Waals surface area contributed by atoms with Gasteiger partial charge >= 0.3 is 5.69 Å². The molecular weight excluding hydrogens is 355 g/mol. The summed E-state index contributed by atoms with van der Waals surface area (Å²) in [5.41, 5.74) is -1.39. The number of hydrogen-bond acceptors (Lipinski definition) is 6. The molecule has 0 spiro atoms. The van der Waals surface area contributed by atoms with E-state index >= 15 is 0 Å². The van der Waals surface area contributed by atoms with Gasteiger partial charge in [-0.15, -0.1) is 0 Å². The van der Waals surface area contributed by atoms with E-state index in [9.17, 15) is 27.2 Å². The summed E-state index contributed by atoms with van der Waals surface area (Å²) in [4.78, 5) is 35.8. The Kier molecular flexibility index (Phi) is 5.65. The van der Waals surface area contributed by atoms with Crippen LogP contribution in [-0.2, 0) is 14.3 Å². The van der Waals surface area contributed by atoms with Crippen LogP contribution in [0.15, 0.2) is 44.9 Å². The lowest BCUT2D eigenvalue weighted by Gasteiger charge is -2.06. The second kappa shape index (κ2) is 7.53. The standard InChI is InChI=1S/C15H15FN2O6S/c1-10-4-6-11(7-5-10)25(22,23)24-8-2-3-13(19)18-9-12(16)14(20)17-15(18)21/h4-7,9H,2-3,8H2,1H3,(H,17,20,21). The molecule has 0 radical (unpaired) electrons. The van der Waals surface area contributed by atoms with Crippen LogP contribution in [0.4, 0.5) is 4.39 Å². The number of carbonyl (C=O) groups excluding carboxylic acids is 1. The van der Waals surface area contributed by atoms with Gasteiger partial charge in [0.15, 0.2) is 0 Å². The summed E-state index contributed by atoms with van der Waals surface area (Å²) >= 11 is 0. The molecule has 1 heterocycles. The highest BCUT2D eigenvalue weighted by molar-refractivity contribution is 7.86. The topological polar surface area (TPSA) is 115 Å². The maximum atomic E-state index is 13.1. The third-order valence-corrected chi connectivity index (χ3v) is 4.58. The molecule has 1 aromatic carbocycles. The van der Waals surface area contributed by atoms with E-state index < -0.39 is 33.1 Å². The molecule has 0 aliphatic carbocycles. The molecule has 1 aromatic heterocycles. The zero-order valence-corrected chi connectivity index (χ0v) is 14.0. The molecule has 0 fully saturated rings. The largest absolute Gasteiger partial charge is 0.335 e. The summed E-state index contributed by atoms with van der Waals surface area (Å²) < 4.78 is 42.2. The van der Waals surface area contributed by atoms with E-state index in [2.05, 4.69) is 0 Å². The van der Waals surface area contributed by atoms with Gasteiger partial charge in [-0.25, -0.2) is 9.36 Å².